The first kappa shape index (κ1) is 14.0. The minimum Gasteiger partial charge on any atom is -0.385 e. The number of rotatable bonds is 5. The van der Waals surface area contributed by atoms with Crippen molar-refractivity contribution < 1.29 is 5.11 Å². The van der Waals surface area contributed by atoms with Crippen LogP contribution in [0.5, 0.6) is 0 Å². The van der Waals surface area contributed by atoms with Gasteiger partial charge in [-0.05, 0) is 25.5 Å². The summed E-state index contributed by atoms with van der Waals surface area (Å²) < 4.78 is 0. The number of nitrogens with zero attached hydrogens (tertiary/aromatic N) is 1. The Labute approximate surface area is 106 Å². The summed E-state index contributed by atoms with van der Waals surface area (Å²) in [7, 11) is 0. The number of hydrogen-bond acceptors (Lipinski definition) is 4. The number of hydrogen-bond donors (Lipinski definition) is 1. The van der Waals surface area contributed by atoms with Crippen LogP contribution >= 0.6 is 23.1 Å². The van der Waals surface area contributed by atoms with Crippen LogP contribution in [0.2, 0.25) is 0 Å². The number of thioether (sulfide) groups is 1. The summed E-state index contributed by atoms with van der Waals surface area (Å²) in [6, 6.07) is 0. The Bertz CT molecular complexity index is 339. The summed E-state index contributed by atoms with van der Waals surface area (Å²) in [5, 5.41) is 11.3. The molecule has 0 saturated carbocycles. The predicted octanol–water partition coefficient (Wildman–Crippen LogP) is 3.75. The van der Waals surface area contributed by atoms with Gasteiger partial charge in [-0.1, -0.05) is 20.8 Å². The Hall–Kier alpha value is -0.0600. The maximum atomic E-state index is 10.1. The highest BCUT2D eigenvalue weighted by atomic mass is 32.2. The van der Waals surface area contributed by atoms with Crippen LogP contribution in [0.4, 0.5) is 0 Å². The van der Waals surface area contributed by atoms with Crippen molar-refractivity contribution in [1.82, 2.24) is 4.98 Å². The van der Waals surface area contributed by atoms with Gasteiger partial charge in [-0.3, -0.25) is 0 Å². The molecule has 1 N–H and O–H groups in total. The van der Waals surface area contributed by atoms with Gasteiger partial charge >= 0.3 is 0 Å². The zero-order valence-electron chi connectivity index (χ0n) is 10.7. The third-order valence-corrected chi connectivity index (χ3v) is 4.68. The standard InChI is InChI=1S/C12H21NOS2/c1-6-15-7-9-13-10(8(2)3)11(16-9)12(4,5)14/h8,14H,6-7H2,1-5H3. The first-order valence-corrected chi connectivity index (χ1v) is 7.63. The van der Waals surface area contributed by atoms with E-state index in [1.54, 1.807) is 11.3 Å². The van der Waals surface area contributed by atoms with Crippen molar-refractivity contribution >= 4 is 23.1 Å². The van der Waals surface area contributed by atoms with Crippen LogP contribution in [0.1, 0.15) is 56.1 Å². The summed E-state index contributed by atoms with van der Waals surface area (Å²) in [4.78, 5) is 5.67. The van der Waals surface area contributed by atoms with E-state index in [2.05, 4.69) is 25.8 Å². The van der Waals surface area contributed by atoms with Gasteiger partial charge in [0.15, 0.2) is 0 Å². The van der Waals surface area contributed by atoms with Gasteiger partial charge in [0.2, 0.25) is 0 Å². The molecule has 1 aromatic heterocycles. The van der Waals surface area contributed by atoms with Crippen LogP contribution < -0.4 is 0 Å². The van der Waals surface area contributed by atoms with Crippen molar-refractivity contribution in [2.24, 2.45) is 0 Å². The van der Waals surface area contributed by atoms with E-state index in [0.29, 0.717) is 5.92 Å². The first-order valence-electron chi connectivity index (χ1n) is 5.66. The maximum absolute atomic E-state index is 10.1. The molecule has 0 spiro atoms. The molecule has 16 heavy (non-hydrogen) atoms. The molecule has 0 fully saturated rings. The van der Waals surface area contributed by atoms with Crippen LogP contribution in [0.3, 0.4) is 0 Å². The van der Waals surface area contributed by atoms with Gasteiger partial charge in [0.25, 0.3) is 0 Å². The van der Waals surface area contributed by atoms with E-state index >= 15 is 0 Å². The second-order valence-electron chi connectivity index (χ2n) is 4.67. The second kappa shape index (κ2) is 5.52. The number of aliphatic hydroxyl groups is 1. The van der Waals surface area contributed by atoms with Gasteiger partial charge in [-0.15, -0.1) is 11.3 Å². The van der Waals surface area contributed by atoms with Crippen LogP contribution in [0, 0.1) is 0 Å². The van der Waals surface area contributed by atoms with E-state index in [4.69, 9.17) is 0 Å². The lowest BCUT2D eigenvalue weighted by Gasteiger charge is -2.17. The SMILES string of the molecule is CCSCc1nc(C(C)C)c(C(C)(C)O)s1. The third-order valence-electron chi connectivity index (χ3n) is 2.23. The van der Waals surface area contributed by atoms with Crippen molar-refractivity contribution in [2.75, 3.05) is 5.75 Å². The molecule has 0 unspecified atom stereocenters. The molecule has 0 aromatic carbocycles. The minimum atomic E-state index is -0.771. The lowest BCUT2D eigenvalue weighted by Crippen LogP contribution is -2.16. The largest absolute Gasteiger partial charge is 0.385 e. The van der Waals surface area contributed by atoms with Gasteiger partial charge in [0.05, 0.1) is 16.2 Å². The molecule has 0 radical (unpaired) electrons. The molecular weight excluding hydrogens is 238 g/mol. The van der Waals surface area contributed by atoms with Crippen LogP contribution in [0.25, 0.3) is 0 Å². The monoisotopic (exact) mass is 259 g/mol. The van der Waals surface area contributed by atoms with E-state index in [1.807, 2.05) is 25.6 Å². The normalized spacial score (nSPS) is 12.4. The second-order valence-corrected chi connectivity index (χ2v) is 7.03. The van der Waals surface area contributed by atoms with Crippen LogP contribution in [-0.4, -0.2) is 15.8 Å². The smallest absolute Gasteiger partial charge is 0.103 e. The third kappa shape index (κ3) is 3.47. The van der Waals surface area contributed by atoms with Gasteiger partial charge in [-0.25, -0.2) is 4.98 Å². The highest BCUT2D eigenvalue weighted by molar-refractivity contribution is 7.98. The van der Waals surface area contributed by atoms with Crippen molar-refractivity contribution in [1.29, 1.82) is 0 Å². The van der Waals surface area contributed by atoms with E-state index < -0.39 is 5.60 Å². The molecular formula is C12H21NOS2. The topological polar surface area (TPSA) is 33.1 Å². The molecule has 0 bridgehead atoms. The fourth-order valence-electron chi connectivity index (χ4n) is 1.46. The van der Waals surface area contributed by atoms with Gasteiger partial charge in [0.1, 0.15) is 5.01 Å². The van der Waals surface area contributed by atoms with Gasteiger partial charge < -0.3 is 5.11 Å². The lowest BCUT2D eigenvalue weighted by atomic mass is 10.0. The Kier molecular flexibility index (Phi) is 4.83. The van der Waals surface area contributed by atoms with E-state index in [0.717, 1.165) is 27.1 Å². The lowest BCUT2D eigenvalue weighted by molar-refractivity contribution is 0.0811. The maximum Gasteiger partial charge on any atom is 0.103 e. The average Bonchev–Trinajstić information content (AvgIpc) is 2.58. The molecule has 4 heteroatoms. The van der Waals surface area contributed by atoms with E-state index in [-0.39, 0.29) is 0 Å². The van der Waals surface area contributed by atoms with Gasteiger partial charge in [0, 0.05) is 5.75 Å². The molecule has 1 heterocycles. The predicted molar refractivity (Wildman–Crippen MR) is 73.3 cm³/mol. The fraction of sp³-hybridized carbons (Fsp3) is 0.750. The first-order chi connectivity index (χ1) is 7.36. The Morgan fingerprint density at radius 3 is 2.44 bits per heavy atom. The zero-order valence-corrected chi connectivity index (χ0v) is 12.3. The highest BCUT2D eigenvalue weighted by Crippen LogP contribution is 2.34. The van der Waals surface area contributed by atoms with Crippen LogP contribution in [-0.2, 0) is 11.4 Å². The number of aromatic nitrogens is 1. The highest BCUT2D eigenvalue weighted by Gasteiger charge is 2.26. The molecule has 0 aliphatic rings. The minimum absolute atomic E-state index is 0.373. The molecule has 2 nitrogen and oxygen atoms in total. The molecule has 0 aliphatic carbocycles. The summed E-state index contributed by atoms with van der Waals surface area (Å²) in [5.74, 6) is 2.43. The molecule has 92 valence electrons. The fourth-order valence-corrected chi connectivity index (χ4v) is 3.40. The molecule has 0 saturated heterocycles. The summed E-state index contributed by atoms with van der Waals surface area (Å²) in [5.41, 5.74) is 0.288. The molecule has 0 amide bonds. The van der Waals surface area contributed by atoms with Crippen molar-refractivity contribution in [3.8, 4) is 0 Å². The molecule has 1 aromatic rings. The number of thiazole rings is 1. The Balaban J connectivity index is 3.01. The van der Waals surface area contributed by atoms with E-state index in [9.17, 15) is 5.11 Å². The average molecular weight is 259 g/mol. The van der Waals surface area contributed by atoms with Crippen LogP contribution in [0.15, 0.2) is 0 Å². The zero-order chi connectivity index (χ0) is 12.3. The summed E-state index contributed by atoms with van der Waals surface area (Å²) in [6.45, 7) is 10.1. The molecule has 0 aliphatic heterocycles. The molecule has 1 rings (SSSR count). The van der Waals surface area contributed by atoms with Crippen molar-refractivity contribution in [2.45, 2.75) is 51.9 Å². The Morgan fingerprint density at radius 1 is 1.44 bits per heavy atom. The van der Waals surface area contributed by atoms with Crippen molar-refractivity contribution in [3.63, 3.8) is 0 Å². The summed E-state index contributed by atoms with van der Waals surface area (Å²) >= 11 is 3.52. The Morgan fingerprint density at radius 2 is 2.06 bits per heavy atom. The summed E-state index contributed by atoms with van der Waals surface area (Å²) in [6.07, 6.45) is 0. The van der Waals surface area contributed by atoms with E-state index in [1.165, 1.54) is 0 Å². The quantitative estimate of drug-likeness (QED) is 0.874. The molecule has 0 atom stereocenters. The van der Waals surface area contributed by atoms with Crippen molar-refractivity contribution in [3.05, 3.63) is 15.6 Å². The van der Waals surface area contributed by atoms with Gasteiger partial charge in [-0.2, -0.15) is 11.8 Å².